The number of nitrogens with zero attached hydrogens (tertiary/aromatic N) is 2. The van der Waals surface area contributed by atoms with Crippen molar-refractivity contribution in [2.75, 3.05) is 65.7 Å². The van der Waals surface area contributed by atoms with E-state index in [-0.39, 0.29) is 56.6 Å². The van der Waals surface area contributed by atoms with E-state index in [1.165, 1.54) is 9.80 Å². The first-order chi connectivity index (χ1) is 12.2. The van der Waals surface area contributed by atoms with E-state index in [1.54, 1.807) is 0 Å². The average Bonchev–Trinajstić information content (AvgIpc) is 2.47. The van der Waals surface area contributed by atoms with Crippen molar-refractivity contribution < 1.29 is 66.1 Å². The Kier molecular flexibility index (Phi) is 16.7. The molecule has 0 spiro atoms. The molecule has 27 heavy (non-hydrogen) atoms. The van der Waals surface area contributed by atoms with Crippen LogP contribution in [0.5, 0.6) is 0 Å². The second-order valence-corrected chi connectivity index (χ2v) is 5.22. The molecule has 0 atom stereocenters. The van der Waals surface area contributed by atoms with Crippen molar-refractivity contribution in [1.82, 2.24) is 9.80 Å². The minimum Gasteiger partial charge on any atom is -0.480 e. The summed E-state index contributed by atoms with van der Waals surface area (Å²) in [4.78, 5) is 44.9. The van der Waals surface area contributed by atoms with E-state index < -0.39 is 50.1 Å². The number of ether oxygens (including phenoxy) is 2. The van der Waals surface area contributed by atoms with Crippen molar-refractivity contribution in [2.24, 2.45) is 0 Å². The summed E-state index contributed by atoms with van der Waals surface area (Å²) in [5, 5.41) is 34.7. The van der Waals surface area contributed by atoms with Crippen LogP contribution in [0.2, 0.25) is 0 Å². The van der Waals surface area contributed by atoms with Gasteiger partial charge in [-0.1, -0.05) is 0 Å². The fraction of sp³-hybridized carbons (Fsp3) is 0.714. The Hall–Kier alpha value is -1.76. The van der Waals surface area contributed by atoms with Crippen LogP contribution in [0.1, 0.15) is 0 Å². The summed E-state index contributed by atoms with van der Waals surface area (Å²) in [7, 11) is 0. The van der Waals surface area contributed by atoms with Gasteiger partial charge in [-0.2, -0.15) is 0 Å². The normalized spacial score (nSPS) is 10.6. The van der Waals surface area contributed by atoms with E-state index in [4.69, 9.17) is 29.9 Å². The first-order valence-corrected chi connectivity index (χ1v) is 7.68. The molecule has 0 aromatic rings. The molecule has 0 amide bonds. The summed E-state index contributed by atoms with van der Waals surface area (Å²) in [6.07, 6.45) is 0. The molecule has 0 aromatic carbocycles. The zero-order valence-electron chi connectivity index (χ0n) is 14.6. The molecular formula is C14H24FeN2O10. The molecule has 4 N–H and O–H groups in total. The van der Waals surface area contributed by atoms with Crippen molar-refractivity contribution in [1.29, 1.82) is 0 Å². The number of carboxylic acids is 4. The van der Waals surface area contributed by atoms with Gasteiger partial charge in [-0.05, 0) is 0 Å². The van der Waals surface area contributed by atoms with Crippen LogP contribution in [0, 0.1) is 0 Å². The van der Waals surface area contributed by atoms with E-state index >= 15 is 0 Å². The van der Waals surface area contributed by atoms with E-state index in [1.807, 2.05) is 0 Å². The third-order valence-electron chi connectivity index (χ3n) is 2.91. The summed E-state index contributed by atoms with van der Waals surface area (Å²) >= 11 is 0. The zero-order chi connectivity index (χ0) is 19.9. The van der Waals surface area contributed by atoms with Gasteiger partial charge in [0.2, 0.25) is 0 Å². The predicted molar refractivity (Wildman–Crippen MR) is 85.1 cm³/mol. The van der Waals surface area contributed by atoms with Gasteiger partial charge in [0.1, 0.15) is 0 Å². The van der Waals surface area contributed by atoms with Crippen LogP contribution >= 0.6 is 0 Å². The largest absolute Gasteiger partial charge is 0.480 e. The summed E-state index contributed by atoms with van der Waals surface area (Å²) in [6.45, 7) is -0.790. The van der Waals surface area contributed by atoms with Gasteiger partial charge in [0.05, 0.1) is 52.6 Å². The van der Waals surface area contributed by atoms with Gasteiger partial charge in [-0.25, -0.2) is 0 Å². The minimum atomic E-state index is -1.14. The van der Waals surface area contributed by atoms with E-state index in [9.17, 15) is 19.2 Å². The molecule has 0 saturated carbocycles. The van der Waals surface area contributed by atoms with Crippen LogP contribution in [0.3, 0.4) is 0 Å². The van der Waals surface area contributed by atoms with Gasteiger partial charge in [-0.3, -0.25) is 29.0 Å². The number of carbonyl (C=O) groups is 4. The molecule has 13 heteroatoms. The van der Waals surface area contributed by atoms with Gasteiger partial charge in [0.25, 0.3) is 0 Å². The smallest absolute Gasteiger partial charge is 0.317 e. The predicted octanol–water partition coefficient (Wildman–Crippen LogP) is -2.04. The quantitative estimate of drug-likeness (QED) is 0.146. The molecule has 0 saturated heterocycles. The van der Waals surface area contributed by atoms with Gasteiger partial charge in [-0.15, -0.1) is 0 Å². The molecule has 158 valence electrons. The molecule has 12 nitrogen and oxygen atoms in total. The first kappa shape index (κ1) is 27.5. The molecular weight excluding hydrogens is 412 g/mol. The van der Waals surface area contributed by atoms with Crippen LogP contribution in [0.25, 0.3) is 0 Å². The molecule has 0 fully saturated rings. The molecule has 0 aliphatic carbocycles. The minimum absolute atomic E-state index is 0. The molecule has 0 aliphatic heterocycles. The number of rotatable bonds is 17. The molecule has 0 radical (unpaired) electrons. The molecule has 0 unspecified atom stereocenters. The summed E-state index contributed by atoms with van der Waals surface area (Å²) in [6, 6.07) is 0. The Balaban J connectivity index is 0. The SMILES string of the molecule is O=C(O)CN(CCOCCOCCN(CC(=O)O)CC(=O)O)CC(=O)O.[Fe]. The Bertz CT molecular complexity index is 403. The number of hydrogen-bond acceptors (Lipinski definition) is 8. The maximum atomic E-state index is 10.6. The average molecular weight is 436 g/mol. The van der Waals surface area contributed by atoms with Crippen molar-refractivity contribution in [3.05, 3.63) is 0 Å². The number of hydrogen-bond donors (Lipinski definition) is 4. The van der Waals surface area contributed by atoms with Crippen molar-refractivity contribution in [2.45, 2.75) is 0 Å². The van der Waals surface area contributed by atoms with Crippen molar-refractivity contribution in [3.63, 3.8) is 0 Å². The Morgan fingerprint density at radius 3 is 1.04 bits per heavy atom. The fourth-order valence-electron chi connectivity index (χ4n) is 1.90. The second kappa shape index (κ2) is 16.4. The van der Waals surface area contributed by atoms with Crippen LogP contribution in [0.15, 0.2) is 0 Å². The standard InChI is InChI=1S/C14H24N2O10.Fe/c17-11(18)7-15(8-12(19)20)1-3-25-5-6-26-4-2-16(9-13(21)22)10-14(23)24;/h1-10H2,(H,17,18)(H,19,20)(H,21,22)(H,23,24);. The van der Waals surface area contributed by atoms with Crippen molar-refractivity contribution >= 4 is 23.9 Å². The topological polar surface area (TPSA) is 174 Å². The maximum Gasteiger partial charge on any atom is 0.317 e. The summed E-state index contributed by atoms with van der Waals surface area (Å²) < 4.78 is 10.4. The zero-order valence-corrected chi connectivity index (χ0v) is 15.7. The van der Waals surface area contributed by atoms with Crippen LogP contribution in [-0.4, -0.2) is 120 Å². The van der Waals surface area contributed by atoms with Gasteiger partial charge in [0, 0.05) is 30.2 Å². The Labute approximate surface area is 166 Å². The molecule has 0 heterocycles. The molecule has 0 bridgehead atoms. The third-order valence-corrected chi connectivity index (χ3v) is 2.91. The fourth-order valence-corrected chi connectivity index (χ4v) is 1.90. The number of carboxylic acid groups (broad SMARTS) is 4. The van der Waals surface area contributed by atoms with E-state index in [0.29, 0.717) is 0 Å². The van der Waals surface area contributed by atoms with Crippen molar-refractivity contribution in [3.8, 4) is 0 Å². The van der Waals surface area contributed by atoms with Gasteiger partial charge in [0.15, 0.2) is 0 Å². The molecule has 0 aromatic heterocycles. The molecule has 0 rings (SSSR count). The van der Waals surface area contributed by atoms with Crippen LogP contribution in [0.4, 0.5) is 0 Å². The van der Waals surface area contributed by atoms with Crippen LogP contribution < -0.4 is 0 Å². The summed E-state index contributed by atoms with van der Waals surface area (Å²) in [5.74, 6) is -4.55. The maximum absolute atomic E-state index is 10.6. The molecule has 0 aliphatic rings. The second-order valence-electron chi connectivity index (χ2n) is 5.22. The Morgan fingerprint density at radius 2 is 0.815 bits per heavy atom. The van der Waals surface area contributed by atoms with E-state index in [0.717, 1.165) is 0 Å². The first-order valence-electron chi connectivity index (χ1n) is 7.68. The van der Waals surface area contributed by atoms with E-state index in [2.05, 4.69) is 0 Å². The monoisotopic (exact) mass is 436 g/mol. The third kappa shape index (κ3) is 18.8. The summed E-state index contributed by atoms with van der Waals surface area (Å²) in [5.41, 5.74) is 0. The van der Waals surface area contributed by atoms with Gasteiger partial charge >= 0.3 is 23.9 Å². The number of aliphatic carboxylic acids is 4. The van der Waals surface area contributed by atoms with Crippen LogP contribution in [-0.2, 0) is 45.7 Å². The Morgan fingerprint density at radius 1 is 0.556 bits per heavy atom. The van der Waals surface area contributed by atoms with Gasteiger partial charge < -0.3 is 29.9 Å².